The predicted octanol–water partition coefficient (Wildman–Crippen LogP) is 4.63. The number of hydrogen-bond donors (Lipinski definition) is 1. The number of thioether (sulfide) groups is 1. The number of amides is 2. The number of rotatable bonds is 7. The molecule has 2 aromatic carbocycles. The Morgan fingerprint density at radius 3 is 2.72 bits per heavy atom. The largest absolute Gasteiger partial charge is 0.326 e. The van der Waals surface area contributed by atoms with Gasteiger partial charge in [0.1, 0.15) is 16.8 Å². The zero-order valence-corrected chi connectivity index (χ0v) is 18.1. The third kappa shape index (κ3) is 5.28. The number of carbonyl (C=O) groups is 2. The third-order valence-electron chi connectivity index (χ3n) is 4.84. The number of aliphatic imine (C=N–C) groups is 1. The van der Waals surface area contributed by atoms with Crippen molar-refractivity contribution in [2.75, 3.05) is 5.32 Å². The lowest BCUT2D eigenvalue weighted by molar-refractivity contribution is -0.384. The maximum absolute atomic E-state index is 14.1. The summed E-state index contributed by atoms with van der Waals surface area (Å²) >= 11 is 1.02. The molecule has 8 nitrogen and oxygen atoms in total. The summed E-state index contributed by atoms with van der Waals surface area (Å²) in [5, 5.41) is 12.9. The molecule has 3 rings (SSSR count). The Morgan fingerprint density at radius 2 is 2.06 bits per heavy atom. The summed E-state index contributed by atoms with van der Waals surface area (Å²) < 4.78 is 27.3. The van der Waals surface area contributed by atoms with E-state index in [0.717, 1.165) is 17.8 Å². The third-order valence-corrected chi connectivity index (χ3v) is 5.99. The molecule has 1 aliphatic heterocycles. The quantitative estimate of drug-likeness (QED) is 0.477. The van der Waals surface area contributed by atoms with Gasteiger partial charge < -0.3 is 5.32 Å². The van der Waals surface area contributed by atoms with Crippen molar-refractivity contribution in [3.63, 3.8) is 0 Å². The standard InChI is InChI=1S/C21H20F2N4O4S/c1-3-12(2)26-20(29)18(32-21(26)25-17-8-7-13(22)9-16(17)23)11-19(28)24-14-5-4-6-15(10-14)27(30)31/h4-10,12,18H,3,11H2,1-2H3,(H,24,28)/t12-,18+/m1/s1. The normalized spacial score (nSPS) is 18.1. The molecule has 0 radical (unpaired) electrons. The first-order valence-electron chi connectivity index (χ1n) is 9.77. The van der Waals surface area contributed by atoms with Crippen LogP contribution in [0.15, 0.2) is 47.5 Å². The first-order valence-corrected chi connectivity index (χ1v) is 10.6. The van der Waals surface area contributed by atoms with Crippen LogP contribution in [0.4, 0.5) is 25.8 Å². The van der Waals surface area contributed by atoms with Gasteiger partial charge >= 0.3 is 0 Å². The van der Waals surface area contributed by atoms with Crippen LogP contribution >= 0.6 is 11.8 Å². The van der Waals surface area contributed by atoms with Gasteiger partial charge in [0, 0.05) is 36.3 Å². The van der Waals surface area contributed by atoms with Crippen molar-refractivity contribution < 1.29 is 23.3 Å². The Morgan fingerprint density at radius 1 is 1.31 bits per heavy atom. The van der Waals surface area contributed by atoms with Crippen molar-refractivity contribution in [1.82, 2.24) is 4.90 Å². The molecule has 32 heavy (non-hydrogen) atoms. The molecular weight excluding hydrogens is 442 g/mol. The lowest BCUT2D eigenvalue weighted by atomic mass is 10.2. The van der Waals surface area contributed by atoms with E-state index in [1.807, 2.05) is 6.92 Å². The van der Waals surface area contributed by atoms with Gasteiger partial charge in [-0.1, -0.05) is 24.8 Å². The summed E-state index contributed by atoms with van der Waals surface area (Å²) in [5.74, 6) is -2.45. The molecule has 1 heterocycles. The smallest absolute Gasteiger partial charge is 0.271 e. The molecule has 2 aromatic rings. The highest BCUT2D eigenvalue weighted by atomic mass is 32.2. The minimum atomic E-state index is -0.860. The fourth-order valence-electron chi connectivity index (χ4n) is 3.03. The lowest BCUT2D eigenvalue weighted by Crippen LogP contribution is -2.39. The highest BCUT2D eigenvalue weighted by molar-refractivity contribution is 8.15. The van der Waals surface area contributed by atoms with Crippen LogP contribution in [0.5, 0.6) is 0 Å². The van der Waals surface area contributed by atoms with E-state index in [9.17, 15) is 28.5 Å². The second-order valence-corrected chi connectivity index (χ2v) is 8.29. The number of nitrogens with zero attached hydrogens (tertiary/aromatic N) is 3. The Labute approximate surface area is 186 Å². The average Bonchev–Trinajstić information content (AvgIpc) is 3.04. The molecule has 2 amide bonds. The van der Waals surface area contributed by atoms with Gasteiger partial charge in [-0.3, -0.25) is 24.6 Å². The number of nitrogens with one attached hydrogen (secondary N) is 1. The van der Waals surface area contributed by atoms with Gasteiger partial charge in [-0.05, 0) is 31.5 Å². The van der Waals surface area contributed by atoms with E-state index in [4.69, 9.17) is 0 Å². The summed E-state index contributed by atoms with van der Waals surface area (Å²) in [6.45, 7) is 3.68. The minimum absolute atomic E-state index is 0.114. The Kier molecular flexibility index (Phi) is 7.18. The van der Waals surface area contributed by atoms with E-state index in [1.54, 1.807) is 6.92 Å². The van der Waals surface area contributed by atoms with Gasteiger partial charge in [0.05, 0.1) is 4.92 Å². The molecule has 0 unspecified atom stereocenters. The fourth-order valence-corrected chi connectivity index (χ4v) is 4.27. The van der Waals surface area contributed by atoms with Gasteiger partial charge in [0.25, 0.3) is 5.69 Å². The Balaban J connectivity index is 1.79. The van der Waals surface area contributed by atoms with Crippen molar-refractivity contribution in [1.29, 1.82) is 0 Å². The Hall–Kier alpha value is -3.34. The molecule has 0 spiro atoms. The number of halogens is 2. The number of nitro benzene ring substituents is 1. The van der Waals surface area contributed by atoms with E-state index in [1.165, 1.54) is 35.2 Å². The van der Waals surface area contributed by atoms with E-state index >= 15 is 0 Å². The van der Waals surface area contributed by atoms with Crippen molar-refractivity contribution >= 4 is 45.8 Å². The fraction of sp³-hybridized carbons (Fsp3) is 0.286. The van der Waals surface area contributed by atoms with Crippen molar-refractivity contribution in [2.24, 2.45) is 4.99 Å². The number of hydrogen-bond acceptors (Lipinski definition) is 6. The molecule has 0 saturated carbocycles. The summed E-state index contributed by atoms with van der Waals surface area (Å²) in [7, 11) is 0. The maximum Gasteiger partial charge on any atom is 0.271 e. The zero-order valence-electron chi connectivity index (χ0n) is 17.2. The zero-order chi connectivity index (χ0) is 23.4. The number of non-ortho nitro benzene ring substituents is 1. The van der Waals surface area contributed by atoms with Crippen LogP contribution in [0.1, 0.15) is 26.7 Å². The van der Waals surface area contributed by atoms with Crippen molar-refractivity contribution in [3.05, 3.63) is 64.2 Å². The lowest BCUT2D eigenvalue weighted by Gasteiger charge is -2.23. The van der Waals surface area contributed by atoms with Gasteiger partial charge in [-0.25, -0.2) is 13.8 Å². The van der Waals surface area contributed by atoms with Crippen LogP contribution in [0.3, 0.4) is 0 Å². The first-order chi connectivity index (χ1) is 15.2. The van der Waals surface area contributed by atoms with Crippen molar-refractivity contribution in [3.8, 4) is 0 Å². The van der Waals surface area contributed by atoms with Gasteiger partial charge in [0.2, 0.25) is 11.8 Å². The van der Waals surface area contributed by atoms with E-state index in [2.05, 4.69) is 10.3 Å². The Bertz CT molecular complexity index is 1100. The van der Waals surface area contributed by atoms with Crippen LogP contribution in [0, 0.1) is 21.7 Å². The molecule has 2 atom stereocenters. The first kappa shape index (κ1) is 23.3. The highest BCUT2D eigenvalue weighted by Gasteiger charge is 2.41. The number of amidine groups is 1. The number of anilines is 1. The molecule has 0 aliphatic carbocycles. The average molecular weight is 462 g/mol. The van der Waals surface area contributed by atoms with Gasteiger partial charge in [0.15, 0.2) is 11.0 Å². The SMILES string of the molecule is CC[C@@H](C)N1C(=O)[C@H](CC(=O)Nc2cccc([N+](=O)[O-])c2)SC1=Nc1ccc(F)cc1F. The molecule has 11 heteroatoms. The topological polar surface area (TPSA) is 105 Å². The van der Waals surface area contributed by atoms with Crippen LogP contribution in [0.2, 0.25) is 0 Å². The van der Waals surface area contributed by atoms with E-state index in [-0.39, 0.29) is 40.6 Å². The minimum Gasteiger partial charge on any atom is -0.326 e. The molecular formula is C21H20F2N4O4S. The monoisotopic (exact) mass is 462 g/mol. The van der Waals surface area contributed by atoms with E-state index in [0.29, 0.717) is 12.5 Å². The second kappa shape index (κ2) is 9.86. The van der Waals surface area contributed by atoms with Crippen LogP contribution < -0.4 is 5.32 Å². The number of benzene rings is 2. The summed E-state index contributed by atoms with van der Waals surface area (Å²) in [5.41, 5.74) is -0.0507. The van der Waals surface area contributed by atoms with Crippen LogP contribution in [-0.2, 0) is 9.59 Å². The van der Waals surface area contributed by atoms with Crippen LogP contribution in [-0.4, -0.2) is 38.1 Å². The molecule has 1 saturated heterocycles. The molecule has 0 aromatic heterocycles. The second-order valence-electron chi connectivity index (χ2n) is 7.12. The molecule has 168 valence electrons. The summed E-state index contributed by atoms with van der Waals surface area (Å²) in [6.07, 6.45) is 0.397. The summed E-state index contributed by atoms with van der Waals surface area (Å²) in [4.78, 5) is 41.4. The van der Waals surface area contributed by atoms with Gasteiger partial charge in [-0.15, -0.1) is 0 Å². The van der Waals surface area contributed by atoms with Crippen LogP contribution in [0.25, 0.3) is 0 Å². The highest BCUT2D eigenvalue weighted by Crippen LogP contribution is 2.34. The van der Waals surface area contributed by atoms with E-state index < -0.39 is 27.7 Å². The van der Waals surface area contributed by atoms with Gasteiger partial charge in [-0.2, -0.15) is 0 Å². The van der Waals surface area contributed by atoms with Crippen molar-refractivity contribution in [2.45, 2.75) is 38.0 Å². The molecule has 0 bridgehead atoms. The predicted molar refractivity (Wildman–Crippen MR) is 118 cm³/mol. The number of carbonyl (C=O) groups excluding carboxylic acids is 2. The molecule has 1 N–H and O–H groups in total. The summed E-state index contributed by atoms with van der Waals surface area (Å²) in [6, 6.07) is 8.17. The number of nitro groups is 1. The maximum atomic E-state index is 14.1. The molecule has 1 aliphatic rings. The molecule has 1 fully saturated rings.